The van der Waals surface area contributed by atoms with Gasteiger partial charge in [0.2, 0.25) is 0 Å². The van der Waals surface area contributed by atoms with Crippen LogP contribution in [0.4, 0.5) is 0 Å². The number of hydrogen-bond donors (Lipinski definition) is 0. The van der Waals surface area contributed by atoms with Gasteiger partial charge in [0.05, 0.1) is 12.7 Å². The molecule has 1 atom stereocenters. The van der Waals surface area contributed by atoms with Gasteiger partial charge >= 0.3 is 5.97 Å². The summed E-state index contributed by atoms with van der Waals surface area (Å²) >= 11 is 0. The number of hydrogen-bond acceptors (Lipinski definition) is 3. The Bertz CT molecular complexity index is 249. The Labute approximate surface area is 97.8 Å². The lowest BCUT2D eigenvalue weighted by molar-refractivity contribution is -0.147. The number of rotatable bonds is 3. The Hall–Kier alpha value is -1.04. The second-order valence-electron chi connectivity index (χ2n) is 4.46. The third kappa shape index (κ3) is 3.84. The Morgan fingerprint density at radius 1 is 1.31 bits per heavy atom. The van der Waals surface area contributed by atoms with Crippen molar-refractivity contribution in [1.82, 2.24) is 0 Å². The van der Waals surface area contributed by atoms with Crippen LogP contribution in [0.5, 0.6) is 0 Å². The van der Waals surface area contributed by atoms with Crippen LogP contribution in [0.25, 0.3) is 0 Å². The predicted octanol–water partition coefficient (Wildman–Crippen LogP) is 3.05. The Balaban J connectivity index is 2.55. The number of carbonyl (C=O) groups is 1. The van der Waals surface area contributed by atoms with Gasteiger partial charge in [-0.25, -0.2) is 0 Å². The van der Waals surface area contributed by atoms with Gasteiger partial charge in [-0.1, -0.05) is 32.1 Å². The first-order chi connectivity index (χ1) is 7.79. The third-order valence-electron chi connectivity index (χ3n) is 3.30. The molecule has 1 aliphatic rings. The zero-order chi connectivity index (χ0) is 11.8. The van der Waals surface area contributed by atoms with Gasteiger partial charge in [0.25, 0.3) is 0 Å². The molecule has 90 valence electrons. The molecule has 0 heterocycles. The maximum atomic E-state index is 11.6. The van der Waals surface area contributed by atoms with E-state index in [9.17, 15) is 4.79 Å². The molecule has 1 aliphatic carbocycles. The molecule has 1 rings (SSSR count). The van der Waals surface area contributed by atoms with E-state index in [0.717, 1.165) is 25.7 Å². The van der Waals surface area contributed by atoms with Gasteiger partial charge in [-0.2, -0.15) is 5.26 Å². The largest absolute Gasteiger partial charge is 0.465 e. The molecule has 0 aromatic rings. The van der Waals surface area contributed by atoms with E-state index in [1.54, 1.807) is 6.92 Å². The lowest BCUT2D eigenvalue weighted by Gasteiger charge is -2.22. The highest BCUT2D eigenvalue weighted by Crippen LogP contribution is 2.28. The van der Waals surface area contributed by atoms with Crippen LogP contribution in [0.2, 0.25) is 0 Å². The Morgan fingerprint density at radius 3 is 2.38 bits per heavy atom. The maximum absolute atomic E-state index is 11.6. The van der Waals surface area contributed by atoms with Crippen LogP contribution in [0, 0.1) is 23.2 Å². The maximum Gasteiger partial charge on any atom is 0.323 e. The molecule has 3 nitrogen and oxygen atoms in total. The highest BCUT2D eigenvalue weighted by atomic mass is 16.5. The zero-order valence-electron chi connectivity index (χ0n) is 10.1. The van der Waals surface area contributed by atoms with Crippen molar-refractivity contribution in [2.75, 3.05) is 6.61 Å². The molecule has 0 amide bonds. The van der Waals surface area contributed by atoms with Gasteiger partial charge in [-0.15, -0.1) is 0 Å². The molecule has 0 saturated heterocycles. The molecule has 0 aromatic heterocycles. The van der Waals surface area contributed by atoms with E-state index in [4.69, 9.17) is 10.00 Å². The summed E-state index contributed by atoms with van der Waals surface area (Å²) in [5, 5.41) is 9.09. The van der Waals surface area contributed by atoms with Crippen LogP contribution >= 0.6 is 0 Å². The van der Waals surface area contributed by atoms with Crippen molar-refractivity contribution >= 4 is 5.97 Å². The molecule has 0 radical (unpaired) electrons. The third-order valence-corrected chi connectivity index (χ3v) is 3.30. The summed E-state index contributed by atoms with van der Waals surface area (Å²) in [5.74, 6) is -0.655. The van der Waals surface area contributed by atoms with Crippen molar-refractivity contribution < 1.29 is 9.53 Å². The summed E-state index contributed by atoms with van der Waals surface area (Å²) in [5.41, 5.74) is 0. The van der Waals surface area contributed by atoms with Crippen molar-refractivity contribution in [3.63, 3.8) is 0 Å². The summed E-state index contributed by atoms with van der Waals surface area (Å²) < 4.78 is 4.96. The quantitative estimate of drug-likeness (QED) is 0.691. The van der Waals surface area contributed by atoms with Gasteiger partial charge in [-0.05, 0) is 25.7 Å². The summed E-state index contributed by atoms with van der Waals surface area (Å²) in [4.78, 5) is 11.6. The van der Waals surface area contributed by atoms with Gasteiger partial charge in [0.15, 0.2) is 0 Å². The lowest BCUT2D eigenvalue weighted by atomic mass is 9.82. The van der Waals surface area contributed by atoms with Gasteiger partial charge < -0.3 is 4.74 Å². The standard InChI is InChI=1S/C13H21NO2/c1-2-16-13(15)12(10-14)11-8-6-4-3-5-7-9-11/h11-12H,2-9H2,1H3. The van der Waals surface area contributed by atoms with E-state index in [2.05, 4.69) is 6.07 Å². The Morgan fingerprint density at radius 2 is 1.88 bits per heavy atom. The molecular weight excluding hydrogens is 202 g/mol. The molecule has 16 heavy (non-hydrogen) atoms. The van der Waals surface area contributed by atoms with Crippen molar-refractivity contribution in [3.05, 3.63) is 0 Å². The van der Waals surface area contributed by atoms with E-state index in [0.29, 0.717) is 6.61 Å². The second-order valence-corrected chi connectivity index (χ2v) is 4.46. The topological polar surface area (TPSA) is 50.1 Å². The normalized spacial score (nSPS) is 20.2. The van der Waals surface area contributed by atoms with Crippen LogP contribution < -0.4 is 0 Å². The summed E-state index contributed by atoms with van der Waals surface area (Å²) in [6.45, 7) is 2.15. The molecule has 0 spiro atoms. The number of ether oxygens (including phenoxy) is 1. The SMILES string of the molecule is CCOC(=O)C(C#N)C1CCCCCCC1. The average Bonchev–Trinajstić information content (AvgIpc) is 2.22. The Kier molecular flexibility index (Phi) is 5.92. The fourth-order valence-corrected chi connectivity index (χ4v) is 2.40. The van der Waals surface area contributed by atoms with Crippen molar-refractivity contribution in [1.29, 1.82) is 5.26 Å². The fraction of sp³-hybridized carbons (Fsp3) is 0.846. The number of nitrogens with zero attached hydrogens (tertiary/aromatic N) is 1. The van der Waals surface area contributed by atoms with Crippen LogP contribution in [0.15, 0.2) is 0 Å². The highest BCUT2D eigenvalue weighted by Gasteiger charge is 2.29. The molecule has 0 aromatic carbocycles. The first-order valence-corrected chi connectivity index (χ1v) is 6.35. The molecule has 1 unspecified atom stereocenters. The first-order valence-electron chi connectivity index (χ1n) is 6.35. The van der Waals surface area contributed by atoms with Crippen LogP contribution in [0.1, 0.15) is 51.9 Å². The summed E-state index contributed by atoms with van der Waals surface area (Å²) in [7, 11) is 0. The van der Waals surface area contributed by atoms with E-state index >= 15 is 0 Å². The molecule has 0 N–H and O–H groups in total. The second kappa shape index (κ2) is 7.27. The lowest BCUT2D eigenvalue weighted by Crippen LogP contribution is -2.25. The van der Waals surface area contributed by atoms with Crippen molar-refractivity contribution in [2.45, 2.75) is 51.9 Å². The van der Waals surface area contributed by atoms with Crippen LogP contribution in [-0.2, 0) is 9.53 Å². The minimum atomic E-state index is -0.543. The van der Waals surface area contributed by atoms with E-state index < -0.39 is 5.92 Å². The zero-order valence-corrected chi connectivity index (χ0v) is 10.1. The van der Waals surface area contributed by atoms with E-state index in [-0.39, 0.29) is 11.9 Å². The fourth-order valence-electron chi connectivity index (χ4n) is 2.40. The van der Waals surface area contributed by atoms with Crippen LogP contribution in [0.3, 0.4) is 0 Å². The van der Waals surface area contributed by atoms with Crippen molar-refractivity contribution in [2.24, 2.45) is 11.8 Å². The number of carbonyl (C=O) groups excluding carboxylic acids is 1. The minimum absolute atomic E-state index is 0.212. The molecule has 1 fully saturated rings. The van der Waals surface area contributed by atoms with Gasteiger partial charge in [-0.3, -0.25) is 4.79 Å². The summed E-state index contributed by atoms with van der Waals surface area (Å²) in [6.07, 6.45) is 8.04. The van der Waals surface area contributed by atoms with Gasteiger partial charge in [0.1, 0.15) is 5.92 Å². The minimum Gasteiger partial charge on any atom is -0.465 e. The van der Waals surface area contributed by atoms with E-state index in [1.165, 1.54) is 19.3 Å². The summed E-state index contributed by atoms with van der Waals surface area (Å²) in [6, 6.07) is 2.13. The molecule has 1 saturated carbocycles. The molecule has 0 aliphatic heterocycles. The molecule has 3 heteroatoms. The van der Waals surface area contributed by atoms with Crippen molar-refractivity contribution in [3.8, 4) is 6.07 Å². The predicted molar refractivity (Wildman–Crippen MR) is 61.5 cm³/mol. The van der Waals surface area contributed by atoms with Crippen LogP contribution in [-0.4, -0.2) is 12.6 Å². The first kappa shape index (κ1) is 13.0. The number of nitriles is 1. The molecule has 0 bridgehead atoms. The average molecular weight is 223 g/mol. The smallest absolute Gasteiger partial charge is 0.323 e. The highest BCUT2D eigenvalue weighted by molar-refractivity contribution is 5.75. The molecular formula is C13H21NO2. The number of esters is 1. The van der Waals surface area contributed by atoms with E-state index in [1.807, 2.05) is 0 Å². The van der Waals surface area contributed by atoms with Gasteiger partial charge in [0, 0.05) is 0 Å². The monoisotopic (exact) mass is 223 g/mol.